The number of ether oxygens (including phenoxy) is 1. The minimum absolute atomic E-state index is 0.301. The minimum Gasteiger partial charge on any atom is -0.388 e. The normalized spacial score (nSPS) is 12.8. The fourth-order valence-electron chi connectivity index (χ4n) is 1.65. The van der Waals surface area contributed by atoms with Gasteiger partial charge in [0, 0.05) is 13.2 Å². The summed E-state index contributed by atoms with van der Waals surface area (Å²) in [6, 6.07) is 4.50. The van der Waals surface area contributed by atoms with Gasteiger partial charge in [0.05, 0.1) is 6.10 Å². The monoisotopic (exact) mass is 226 g/mol. The first-order valence-corrected chi connectivity index (χ1v) is 5.67. The molecule has 3 heteroatoms. The van der Waals surface area contributed by atoms with Crippen molar-refractivity contribution < 1.29 is 14.2 Å². The predicted molar refractivity (Wildman–Crippen MR) is 61.8 cm³/mol. The zero-order valence-electron chi connectivity index (χ0n) is 9.87. The number of hydrogen-bond acceptors (Lipinski definition) is 2. The quantitative estimate of drug-likeness (QED) is 0.756. The summed E-state index contributed by atoms with van der Waals surface area (Å²) in [5.74, 6) is -0.301. The van der Waals surface area contributed by atoms with E-state index in [-0.39, 0.29) is 5.82 Å². The van der Waals surface area contributed by atoms with E-state index in [0.717, 1.165) is 12.0 Å². The zero-order chi connectivity index (χ0) is 12.0. The van der Waals surface area contributed by atoms with E-state index in [1.807, 2.05) is 13.8 Å². The molecule has 0 aromatic heterocycles. The lowest BCUT2D eigenvalue weighted by atomic mass is 10.00. The van der Waals surface area contributed by atoms with Crippen LogP contribution in [0.1, 0.15) is 37.0 Å². The van der Waals surface area contributed by atoms with Gasteiger partial charge in [-0.05, 0) is 49.9 Å². The number of halogens is 1. The van der Waals surface area contributed by atoms with Crippen LogP contribution in [0.3, 0.4) is 0 Å². The number of aliphatic hydroxyl groups is 1. The van der Waals surface area contributed by atoms with Gasteiger partial charge >= 0.3 is 0 Å². The lowest BCUT2D eigenvalue weighted by Gasteiger charge is -2.13. The second-order valence-corrected chi connectivity index (χ2v) is 3.86. The molecule has 90 valence electrons. The molecule has 0 aliphatic rings. The van der Waals surface area contributed by atoms with E-state index in [1.165, 1.54) is 12.1 Å². The predicted octanol–water partition coefficient (Wildman–Crippen LogP) is 2.98. The van der Waals surface area contributed by atoms with E-state index < -0.39 is 6.10 Å². The summed E-state index contributed by atoms with van der Waals surface area (Å²) < 4.78 is 18.2. The Balaban J connectivity index is 2.51. The summed E-state index contributed by atoms with van der Waals surface area (Å²) >= 11 is 0. The highest BCUT2D eigenvalue weighted by molar-refractivity contribution is 5.28. The summed E-state index contributed by atoms with van der Waals surface area (Å²) in [5.41, 5.74) is 1.60. The molecule has 0 radical (unpaired) electrons. The van der Waals surface area contributed by atoms with Gasteiger partial charge in [-0.2, -0.15) is 0 Å². The third kappa shape index (κ3) is 3.91. The fourth-order valence-corrected chi connectivity index (χ4v) is 1.65. The molecule has 0 heterocycles. The maximum Gasteiger partial charge on any atom is 0.123 e. The standard InChI is InChI=1S/C13H19FO2/c1-3-16-8-4-5-13(15)12-9-11(14)7-6-10(12)2/h6-7,9,13,15H,3-5,8H2,1-2H3. The molecule has 1 rings (SSSR count). The largest absolute Gasteiger partial charge is 0.388 e. The highest BCUT2D eigenvalue weighted by atomic mass is 19.1. The Labute approximate surface area is 96.1 Å². The molecule has 0 saturated carbocycles. The van der Waals surface area contributed by atoms with Crippen LogP contribution in [0, 0.1) is 12.7 Å². The van der Waals surface area contributed by atoms with Crippen LogP contribution >= 0.6 is 0 Å². The summed E-state index contributed by atoms with van der Waals surface area (Å²) in [7, 11) is 0. The Hall–Kier alpha value is -0.930. The van der Waals surface area contributed by atoms with Gasteiger partial charge in [-0.15, -0.1) is 0 Å². The van der Waals surface area contributed by atoms with Crippen LogP contribution in [0.15, 0.2) is 18.2 Å². The summed E-state index contributed by atoms with van der Waals surface area (Å²) in [6.07, 6.45) is 0.783. The van der Waals surface area contributed by atoms with Crippen molar-refractivity contribution in [3.63, 3.8) is 0 Å². The lowest BCUT2D eigenvalue weighted by molar-refractivity contribution is 0.114. The maximum atomic E-state index is 13.0. The van der Waals surface area contributed by atoms with E-state index in [9.17, 15) is 9.50 Å². The molecule has 0 spiro atoms. The van der Waals surface area contributed by atoms with Crippen molar-refractivity contribution >= 4 is 0 Å². The van der Waals surface area contributed by atoms with Crippen molar-refractivity contribution in [2.45, 2.75) is 32.8 Å². The topological polar surface area (TPSA) is 29.5 Å². The lowest BCUT2D eigenvalue weighted by Crippen LogP contribution is -2.03. The molecule has 1 N–H and O–H groups in total. The van der Waals surface area contributed by atoms with Crippen molar-refractivity contribution in [3.8, 4) is 0 Å². The van der Waals surface area contributed by atoms with E-state index in [2.05, 4.69) is 0 Å². The highest BCUT2D eigenvalue weighted by Crippen LogP contribution is 2.22. The van der Waals surface area contributed by atoms with E-state index >= 15 is 0 Å². The van der Waals surface area contributed by atoms with Crippen LogP contribution in [-0.2, 0) is 4.74 Å². The van der Waals surface area contributed by atoms with Crippen LogP contribution in [0.2, 0.25) is 0 Å². The first kappa shape index (κ1) is 13.1. The van der Waals surface area contributed by atoms with Crippen LogP contribution in [0.25, 0.3) is 0 Å². The molecule has 1 unspecified atom stereocenters. The summed E-state index contributed by atoms with van der Waals surface area (Å²) in [5, 5.41) is 9.90. The summed E-state index contributed by atoms with van der Waals surface area (Å²) in [6.45, 7) is 5.14. The van der Waals surface area contributed by atoms with Crippen molar-refractivity contribution in [1.29, 1.82) is 0 Å². The Morgan fingerprint density at radius 1 is 1.44 bits per heavy atom. The smallest absolute Gasteiger partial charge is 0.123 e. The molecule has 1 aromatic rings. The number of benzene rings is 1. The second kappa shape index (κ2) is 6.61. The third-order valence-electron chi connectivity index (χ3n) is 2.57. The van der Waals surface area contributed by atoms with Crippen LogP contribution in [-0.4, -0.2) is 18.3 Å². The molecule has 0 amide bonds. The molecule has 2 nitrogen and oxygen atoms in total. The minimum atomic E-state index is -0.601. The molecular weight excluding hydrogens is 207 g/mol. The Morgan fingerprint density at radius 2 is 2.19 bits per heavy atom. The number of hydrogen-bond donors (Lipinski definition) is 1. The van der Waals surface area contributed by atoms with E-state index in [1.54, 1.807) is 6.07 Å². The number of aryl methyl sites for hydroxylation is 1. The van der Waals surface area contributed by atoms with Gasteiger partial charge < -0.3 is 9.84 Å². The number of aliphatic hydroxyl groups excluding tert-OH is 1. The van der Waals surface area contributed by atoms with Gasteiger partial charge in [-0.1, -0.05) is 6.07 Å². The molecule has 0 bridgehead atoms. The SMILES string of the molecule is CCOCCCC(O)c1cc(F)ccc1C. The molecule has 0 aliphatic heterocycles. The Morgan fingerprint density at radius 3 is 2.88 bits per heavy atom. The van der Waals surface area contributed by atoms with Crippen LogP contribution in [0.4, 0.5) is 4.39 Å². The van der Waals surface area contributed by atoms with Crippen LogP contribution in [0.5, 0.6) is 0 Å². The molecular formula is C13H19FO2. The van der Waals surface area contributed by atoms with Gasteiger partial charge in [-0.3, -0.25) is 0 Å². The average molecular weight is 226 g/mol. The molecule has 0 fully saturated rings. The van der Waals surface area contributed by atoms with Crippen molar-refractivity contribution in [3.05, 3.63) is 35.1 Å². The number of rotatable bonds is 6. The first-order chi connectivity index (χ1) is 7.65. The summed E-state index contributed by atoms with van der Waals surface area (Å²) in [4.78, 5) is 0. The van der Waals surface area contributed by atoms with E-state index in [4.69, 9.17) is 4.74 Å². The molecule has 0 aliphatic carbocycles. The van der Waals surface area contributed by atoms with Crippen molar-refractivity contribution in [2.24, 2.45) is 0 Å². The zero-order valence-corrected chi connectivity index (χ0v) is 9.87. The third-order valence-corrected chi connectivity index (χ3v) is 2.57. The first-order valence-electron chi connectivity index (χ1n) is 5.67. The van der Waals surface area contributed by atoms with Crippen molar-refractivity contribution in [2.75, 3.05) is 13.2 Å². The van der Waals surface area contributed by atoms with Gasteiger partial charge in [0.15, 0.2) is 0 Å². The van der Waals surface area contributed by atoms with Crippen LogP contribution < -0.4 is 0 Å². The second-order valence-electron chi connectivity index (χ2n) is 3.86. The van der Waals surface area contributed by atoms with E-state index in [0.29, 0.717) is 25.2 Å². The van der Waals surface area contributed by atoms with Gasteiger partial charge in [0.2, 0.25) is 0 Å². The van der Waals surface area contributed by atoms with Gasteiger partial charge in [0.25, 0.3) is 0 Å². The maximum absolute atomic E-state index is 13.0. The highest BCUT2D eigenvalue weighted by Gasteiger charge is 2.10. The Bertz CT molecular complexity index is 326. The fraction of sp³-hybridized carbons (Fsp3) is 0.538. The van der Waals surface area contributed by atoms with Gasteiger partial charge in [-0.25, -0.2) is 4.39 Å². The molecule has 0 saturated heterocycles. The Kier molecular flexibility index (Phi) is 5.43. The molecule has 1 atom stereocenters. The molecule has 16 heavy (non-hydrogen) atoms. The molecule has 1 aromatic carbocycles. The van der Waals surface area contributed by atoms with Gasteiger partial charge in [0.1, 0.15) is 5.82 Å². The average Bonchev–Trinajstić information content (AvgIpc) is 2.27. The van der Waals surface area contributed by atoms with Crippen molar-refractivity contribution in [1.82, 2.24) is 0 Å².